The lowest BCUT2D eigenvalue weighted by Gasteiger charge is -1.92. The molecule has 3 aromatic rings. The van der Waals surface area contributed by atoms with E-state index in [-0.39, 0.29) is 0 Å². The number of para-hydroxylation sites is 1. The summed E-state index contributed by atoms with van der Waals surface area (Å²) in [6.45, 7) is 0. The molecule has 2 aromatic heterocycles. The highest BCUT2D eigenvalue weighted by Gasteiger charge is 1.99. The SMILES string of the molecule is c1ccc2c(c1)cc1cnncn12. The van der Waals surface area contributed by atoms with E-state index in [0.29, 0.717) is 0 Å². The molecule has 0 spiro atoms. The van der Waals surface area contributed by atoms with Crippen LogP contribution in [0.3, 0.4) is 0 Å². The maximum absolute atomic E-state index is 3.85. The molecular weight excluding hydrogens is 162 g/mol. The molecule has 0 aliphatic carbocycles. The van der Waals surface area contributed by atoms with Crippen LogP contribution in [0, 0.1) is 0 Å². The van der Waals surface area contributed by atoms with Crippen LogP contribution in [0.5, 0.6) is 0 Å². The molecule has 0 aliphatic heterocycles. The molecule has 0 saturated carbocycles. The van der Waals surface area contributed by atoms with Gasteiger partial charge in [0.05, 0.1) is 17.2 Å². The first-order chi connectivity index (χ1) is 6.45. The molecule has 0 bridgehead atoms. The van der Waals surface area contributed by atoms with Crippen LogP contribution in [0.2, 0.25) is 0 Å². The van der Waals surface area contributed by atoms with Crippen LogP contribution in [-0.2, 0) is 0 Å². The van der Waals surface area contributed by atoms with Gasteiger partial charge in [0.15, 0.2) is 0 Å². The van der Waals surface area contributed by atoms with Crippen molar-refractivity contribution in [1.29, 1.82) is 0 Å². The van der Waals surface area contributed by atoms with E-state index in [2.05, 4.69) is 28.4 Å². The minimum atomic E-state index is 1.08. The zero-order valence-electron chi connectivity index (χ0n) is 6.88. The summed E-state index contributed by atoms with van der Waals surface area (Å²) in [6.07, 6.45) is 3.50. The maximum Gasteiger partial charge on any atom is 0.123 e. The summed E-state index contributed by atoms with van der Waals surface area (Å²) in [7, 11) is 0. The van der Waals surface area contributed by atoms with E-state index in [4.69, 9.17) is 0 Å². The first-order valence-corrected chi connectivity index (χ1v) is 4.12. The zero-order chi connectivity index (χ0) is 8.67. The molecule has 3 heteroatoms. The Balaban J connectivity index is 2.64. The Morgan fingerprint density at radius 3 is 3.00 bits per heavy atom. The monoisotopic (exact) mass is 169 g/mol. The number of benzene rings is 1. The fraction of sp³-hybridized carbons (Fsp3) is 0. The third-order valence-corrected chi connectivity index (χ3v) is 2.20. The third-order valence-electron chi connectivity index (χ3n) is 2.20. The second-order valence-corrected chi connectivity index (χ2v) is 2.97. The highest BCUT2D eigenvalue weighted by atomic mass is 15.1. The fourth-order valence-corrected chi connectivity index (χ4v) is 1.60. The molecule has 1 aromatic carbocycles. The first-order valence-electron chi connectivity index (χ1n) is 4.12. The Bertz CT molecular complexity index is 518. The van der Waals surface area contributed by atoms with E-state index >= 15 is 0 Å². The lowest BCUT2D eigenvalue weighted by atomic mass is 10.2. The van der Waals surface area contributed by atoms with Gasteiger partial charge in [0.1, 0.15) is 6.33 Å². The van der Waals surface area contributed by atoms with E-state index in [1.165, 1.54) is 10.9 Å². The van der Waals surface area contributed by atoms with Crippen molar-refractivity contribution in [2.24, 2.45) is 0 Å². The van der Waals surface area contributed by atoms with Gasteiger partial charge in [0, 0.05) is 5.39 Å². The van der Waals surface area contributed by atoms with Crippen LogP contribution >= 0.6 is 0 Å². The van der Waals surface area contributed by atoms with Crippen LogP contribution in [0.25, 0.3) is 16.4 Å². The van der Waals surface area contributed by atoms with Crippen molar-refractivity contribution < 1.29 is 0 Å². The van der Waals surface area contributed by atoms with Crippen molar-refractivity contribution in [1.82, 2.24) is 14.6 Å². The number of hydrogen-bond donors (Lipinski definition) is 0. The summed E-state index contributed by atoms with van der Waals surface area (Å²) in [6, 6.07) is 10.3. The average molecular weight is 169 g/mol. The highest BCUT2D eigenvalue weighted by Crippen LogP contribution is 2.17. The van der Waals surface area contributed by atoms with Crippen LogP contribution in [0.15, 0.2) is 42.9 Å². The van der Waals surface area contributed by atoms with Crippen LogP contribution in [0.4, 0.5) is 0 Å². The lowest BCUT2D eigenvalue weighted by molar-refractivity contribution is 0.963. The largest absolute Gasteiger partial charge is 0.297 e. The summed E-state index contributed by atoms with van der Waals surface area (Å²) < 4.78 is 2.03. The quantitative estimate of drug-likeness (QED) is 0.514. The molecular formula is C10H7N3. The molecule has 0 aliphatic rings. The van der Waals surface area contributed by atoms with Crippen LogP contribution in [-0.4, -0.2) is 14.6 Å². The van der Waals surface area contributed by atoms with E-state index in [9.17, 15) is 0 Å². The average Bonchev–Trinajstić information content (AvgIpc) is 2.56. The van der Waals surface area contributed by atoms with Crippen molar-refractivity contribution in [3.05, 3.63) is 42.9 Å². The van der Waals surface area contributed by atoms with E-state index in [1.807, 2.05) is 16.5 Å². The summed E-state index contributed by atoms with van der Waals surface area (Å²) in [5.41, 5.74) is 2.25. The zero-order valence-corrected chi connectivity index (χ0v) is 6.88. The number of rotatable bonds is 0. The van der Waals surface area contributed by atoms with Gasteiger partial charge in [-0.15, -0.1) is 5.10 Å². The predicted molar refractivity (Wildman–Crippen MR) is 50.5 cm³/mol. The van der Waals surface area contributed by atoms with Crippen molar-refractivity contribution in [3.8, 4) is 0 Å². The van der Waals surface area contributed by atoms with Gasteiger partial charge in [-0.05, 0) is 12.1 Å². The smallest absolute Gasteiger partial charge is 0.123 e. The van der Waals surface area contributed by atoms with Gasteiger partial charge >= 0.3 is 0 Å². The Kier molecular flexibility index (Phi) is 1.16. The topological polar surface area (TPSA) is 30.2 Å². The van der Waals surface area contributed by atoms with Gasteiger partial charge in [-0.3, -0.25) is 4.40 Å². The van der Waals surface area contributed by atoms with E-state index in [1.54, 1.807) is 12.5 Å². The summed E-state index contributed by atoms with van der Waals surface area (Å²) in [5, 5.41) is 8.91. The van der Waals surface area contributed by atoms with Gasteiger partial charge in [-0.1, -0.05) is 18.2 Å². The lowest BCUT2D eigenvalue weighted by Crippen LogP contribution is -1.87. The van der Waals surface area contributed by atoms with Crippen molar-refractivity contribution in [2.45, 2.75) is 0 Å². The number of aromatic nitrogens is 3. The second kappa shape index (κ2) is 2.29. The minimum absolute atomic E-state index is 1.08. The summed E-state index contributed by atoms with van der Waals surface area (Å²) in [5.74, 6) is 0. The molecule has 62 valence electrons. The van der Waals surface area contributed by atoms with E-state index in [0.717, 1.165) is 5.52 Å². The predicted octanol–water partition coefficient (Wildman–Crippen LogP) is 1.88. The third kappa shape index (κ3) is 0.839. The Morgan fingerprint density at radius 2 is 2.00 bits per heavy atom. The minimum Gasteiger partial charge on any atom is -0.297 e. The highest BCUT2D eigenvalue weighted by molar-refractivity contribution is 5.86. The van der Waals surface area contributed by atoms with Gasteiger partial charge in [-0.25, -0.2) is 0 Å². The molecule has 0 amide bonds. The molecule has 0 atom stereocenters. The molecule has 0 saturated heterocycles. The standard InChI is InChI=1S/C10H7N3/c1-2-4-10-8(3-1)5-9-6-11-12-7-13(9)10/h1-7H. The van der Waals surface area contributed by atoms with Gasteiger partial charge < -0.3 is 0 Å². The molecule has 13 heavy (non-hydrogen) atoms. The molecule has 3 nitrogen and oxygen atoms in total. The Hall–Kier alpha value is -1.90. The van der Waals surface area contributed by atoms with Gasteiger partial charge in [-0.2, -0.15) is 5.10 Å². The number of fused-ring (bicyclic) bond motifs is 3. The molecule has 0 radical (unpaired) electrons. The summed E-state index contributed by atoms with van der Waals surface area (Å²) >= 11 is 0. The van der Waals surface area contributed by atoms with Gasteiger partial charge in [0.2, 0.25) is 0 Å². The second-order valence-electron chi connectivity index (χ2n) is 2.97. The summed E-state index contributed by atoms with van der Waals surface area (Å²) in [4.78, 5) is 0. The molecule has 0 unspecified atom stereocenters. The fourth-order valence-electron chi connectivity index (χ4n) is 1.60. The Labute approximate surface area is 74.6 Å². The van der Waals surface area contributed by atoms with Gasteiger partial charge in [0.25, 0.3) is 0 Å². The molecule has 3 rings (SSSR count). The van der Waals surface area contributed by atoms with Crippen molar-refractivity contribution >= 4 is 16.4 Å². The maximum atomic E-state index is 3.85. The number of nitrogens with zero attached hydrogens (tertiary/aromatic N) is 3. The van der Waals surface area contributed by atoms with Crippen LogP contribution in [0.1, 0.15) is 0 Å². The molecule has 2 heterocycles. The molecule has 0 N–H and O–H groups in total. The van der Waals surface area contributed by atoms with E-state index < -0.39 is 0 Å². The Morgan fingerprint density at radius 1 is 1.08 bits per heavy atom. The van der Waals surface area contributed by atoms with Crippen molar-refractivity contribution in [3.63, 3.8) is 0 Å². The first kappa shape index (κ1) is 6.60. The normalized spacial score (nSPS) is 11.1. The molecule has 0 fully saturated rings. The van der Waals surface area contributed by atoms with Crippen LogP contribution < -0.4 is 0 Å². The van der Waals surface area contributed by atoms with Crippen molar-refractivity contribution in [2.75, 3.05) is 0 Å². The number of hydrogen-bond acceptors (Lipinski definition) is 2.